The van der Waals surface area contributed by atoms with Crippen molar-refractivity contribution >= 4 is 5.91 Å². The Bertz CT molecular complexity index is 720. The molecular formula is C19H27N5O2. The number of ether oxygens (including phenoxy) is 1. The summed E-state index contributed by atoms with van der Waals surface area (Å²) in [7, 11) is 0. The van der Waals surface area contributed by atoms with Gasteiger partial charge in [0, 0.05) is 11.6 Å². The van der Waals surface area contributed by atoms with Crippen molar-refractivity contribution in [1.29, 1.82) is 0 Å². The van der Waals surface area contributed by atoms with Crippen LogP contribution in [0.3, 0.4) is 0 Å². The average Bonchev–Trinajstić information content (AvgIpc) is 2.97. The summed E-state index contributed by atoms with van der Waals surface area (Å²) in [6, 6.07) is 7.71. The molecule has 0 atom stereocenters. The third-order valence-corrected chi connectivity index (χ3v) is 4.70. The second-order valence-corrected chi connectivity index (χ2v) is 7.11. The maximum Gasteiger partial charge on any atom is 0.251 e. The third-order valence-electron chi connectivity index (χ3n) is 4.70. The van der Waals surface area contributed by atoms with E-state index in [9.17, 15) is 4.79 Å². The highest BCUT2D eigenvalue weighted by Crippen LogP contribution is 2.19. The van der Waals surface area contributed by atoms with Crippen LogP contribution in [-0.4, -0.2) is 32.2 Å². The monoisotopic (exact) mass is 357 g/mol. The second-order valence-electron chi connectivity index (χ2n) is 7.11. The molecule has 7 heteroatoms. The summed E-state index contributed by atoms with van der Waals surface area (Å²) in [5, 5.41) is 14.8. The number of benzene rings is 1. The van der Waals surface area contributed by atoms with Crippen LogP contribution in [0.2, 0.25) is 0 Å². The molecule has 2 aromatic rings. The summed E-state index contributed by atoms with van der Waals surface area (Å²) in [5.41, 5.74) is 0.621. The molecule has 1 fully saturated rings. The number of aromatic nitrogens is 4. The average molecular weight is 357 g/mol. The number of amides is 1. The van der Waals surface area contributed by atoms with Crippen LogP contribution in [0.5, 0.6) is 5.75 Å². The molecule has 7 nitrogen and oxygen atoms in total. The maximum absolute atomic E-state index is 12.6. The van der Waals surface area contributed by atoms with E-state index in [0.717, 1.165) is 12.8 Å². The van der Waals surface area contributed by atoms with Gasteiger partial charge in [-0.15, -0.1) is 5.10 Å². The first-order valence-electron chi connectivity index (χ1n) is 9.44. The van der Waals surface area contributed by atoms with Crippen LogP contribution in [-0.2, 0) is 6.61 Å². The van der Waals surface area contributed by atoms with Gasteiger partial charge in [-0.05, 0) is 55.3 Å². The van der Waals surface area contributed by atoms with Gasteiger partial charge in [0.2, 0.25) is 0 Å². The molecule has 0 aliphatic heterocycles. The van der Waals surface area contributed by atoms with Crippen molar-refractivity contribution in [3.05, 3.63) is 35.7 Å². The van der Waals surface area contributed by atoms with Gasteiger partial charge in [-0.3, -0.25) is 4.79 Å². The van der Waals surface area contributed by atoms with Crippen molar-refractivity contribution in [2.24, 2.45) is 0 Å². The van der Waals surface area contributed by atoms with E-state index in [-0.39, 0.29) is 24.6 Å². The van der Waals surface area contributed by atoms with Gasteiger partial charge in [0.05, 0.1) is 6.04 Å². The Kier molecular flexibility index (Phi) is 6.20. The number of carbonyl (C=O) groups is 1. The topological polar surface area (TPSA) is 81.9 Å². The van der Waals surface area contributed by atoms with Crippen molar-refractivity contribution in [3.8, 4) is 5.75 Å². The van der Waals surface area contributed by atoms with Crippen molar-refractivity contribution in [2.45, 2.75) is 71.1 Å². The smallest absolute Gasteiger partial charge is 0.251 e. The van der Waals surface area contributed by atoms with Crippen molar-refractivity contribution < 1.29 is 9.53 Å². The second kappa shape index (κ2) is 8.78. The van der Waals surface area contributed by atoms with E-state index in [4.69, 9.17) is 4.74 Å². The van der Waals surface area contributed by atoms with Gasteiger partial charge in [-0.1, -0.05) is 31.7 Å². The Hall–Kier alpha value is -2.44. The molecule has 0 bridgehead atoms. The Balaban J connectivity index is 1.60. The molecule has 1 aromatic carbocycles. The van der Waals surface area contributed by atoms with E-state index >= 15 is 0 Å². The zero-order chi connectivity index (χ0) is 18.4. The van der Waals surface area contributed by atoms with Gasteiger partial charge in [0.25, 0.3) is 5.91 Å². The van der Waals surface area contributed by atoms with E-state index in [1.807, 2.05) is 32.0 Å². The van der Waals surface area contributed by atoms with Crippen LogP contribution >= 0.6 is 0 Å². The number of carbonyl (C=O) groups excluding carboxylic acids is 1. The van der Waals surface area contributed by atoms with Gasteiger partial charge in [0.15, 0.2) is 5.82 Å². The molecule has 140 valence electrons. The largest absolute Gasteiger partial charge is 0.486 e. The quantitative estimate of drug-likeness (QED) is 0.802. The predicted molar refractivity (Wildman–Crippen MR) is 97.9 cm³/mol. The van der Waals surface area contributed by atoms with Crippen LogP contribution < -0.4 is 10.1 Å². The van der Waals surface area contributed by atoms with E-state index < -0.39 is 0 Å². The zero-order valence-corrected chi connectivity index (χ0v) is 15.5. The van der Waals surface area contributed by atoms with Crippen LogP contribution in [0.1, 0.15) is 74.6 Å². The van der Waals surface area contributed by atoms with Crippen molar-refractivity contribution in [3.63, 3.8) is 0 Å². The number of hydrogen-bond acceptors (Lipinski definition) is 5. The lowest BCUT2D eigenvalue weighted by atomic mass is 10.1. The molecule has 0 spiro atoms. The van der Waals surface area contributed by atoms with E-state index in [2.05, 4.69) is 20.8 Å². The number of tetrazole rings is 1. The van der Waals surface area contributed by atoms with Gasteiger partial charge >= 0.3 is 0 Å². The fourth-order valence-electron chi connectivity index (χ4n) is 3.28. The first-order valence-corrected chi connectivity index (χ1v) is 9.44. The minimum atomic E-state index is -0.0330. The lowest BCUT2D eigenvalue weighted by molar-refractivity contribution is 0.0933. The first-order chi connectivity index (χ1) is 12.6. The molecule has 1 saturated carbocycles. The summed E-state index contributed by atoms with van der Waals surface area (Å²) >= 11 is 0. The van der Waals surface area contributed by atoms with Crippen LogP contribution in [0.25, 0.3) is 0 Å². The molecule has 3 rings (SSSR count). The number of hydrogen-bond donors (Lipinski definition) is 1. The molecule has 1 N–H and O–H groups in total. The zero-order valence-electron chi connectivity index (χ0n) is 15.5. The Labute approximate surface area is 154 Å². The molecule has 1 aliphatic rings. The van der Waals surface area contributed by atoms with E-state index in [1.165, 1.54) is 25.7 Å². The summed E-state index contributed by atoms with van der Waals surface area (Å²) in [4.78, 5) is 12.6. The van der Waals surface area contributed by atoms with Crippen LogP contribution in [0.4, 0.5) is 0 Å². The third kappa shape index (κ3) is 4.80. The van der Waals surface area contributed by atoms with Crippen LogP contribution in [0, 0.1) is 0 Å². The van der Waals surface area contributed by atoms with Gasteiger partial charge in [-0.25, -0.2) is 4.68 Å². The fourth-order valence-corrected chi connectivity index (χ4v) is 3.28. The highest BCUT2D eigenvalue weighted by molar-refractivity contribution is 5.94. The molecule has 1 aliphatic carbocycles. The first kappa shape index (κ1) is 18.4. The SMILES string of the molecule is CC(C)n1nnnc1COc1cccc(C(=O)NC2CCCCCC2)c1. The molecular weight excluding hydrogens is 330 g/mol. The molecule has 1 aromatic heterocycles. The highest BCUT2D eigenvalue weighted by Gasteiger charge is 2.16. The molecule has 0 radical (unpaired) electrons. The van der Waals surface area contributed by atoms with Gasteiger partial charge in [0.1, 0.15) is 12.4 Å². The summed E-state index contributed by atoms with van der Waals surface area (Å²) in [5.74, 6) is 1.26. The number of rotatable bonds is 6. The van der Waals surface area contributed by atoms with Gasteiger partial charge in [-0.2, -0.15) is 0 Å². The van der Waals surface area contributed by atoms with Crippen molar-refractivity contribution in [2.75, 3.05) is 0 Å². The molecule has 1 heterocycles. The Morgan fingerprint density at radius 1 is 1.27 bits per heavy atom. The van der Waals surface area contributed by atoms with Crippen LogP contribution in [0.15, 0.2) is 24.3 Å². The maximum atomic E-state index is 12.6. The number of nitrogens with one attached hydrogen (secondary N) is 1. The standard InChI is InChI=1S/C19H27N5O2/c1-14(2)24-18(21-22-23-24)13-26-17-11-7-8-15(12-17)19(25)20-16-9-5-3-4-6-10-16/h7-8,11-12,14,16H,3-6,9-10,13H2,1-2H3,(H,20,25). The number of nitrogens with zero attached hydrogens (tertiary/aromatic N) is 4. The minimum Gasteiger partial charge on any atom is -0.486 e. The molecule has 0 unspecified atom stereocenters. The van der Waals surface area contributed by atoms with E-state index in [1.54, 1.807) is 10.7 Å². The molecule has 1 amide bonds. The molecule has 0 saturated heterocycles. The van der Waals surface area contributed by atoms with Gasteiger partial charge < -0.3 is 10.1 Å². The Morgan fingerprint density at radius 2 is 2.04 bits per heavy atom. The Morgan fingerprint density at radius 3 is 2.77 bits per heavy atom. The lowest BCUT2D eigenvalue weighted by Gasteiger charge is -2.16. The van der Waals surface area contributed by atoms with E-state index in [0.29, 0.717) is 17.1 Å². The lowest BCUT2D eigenvalue weighted by Crippen LogP contribution is -2.34. The predicted octanol–water partition coefficient (Wildman–Crippen LogP) is 3.29. The molecule has 26 heavy (non-hydrogen) atoms. The highest BCUT2D eigenvalue weighted by atomic mass is 16.5. The summed E-state index contributed by atoms with van der Waals surface area (Å²) < 4.78 is 7.52. The fraction of sp³-hybridized carbons (Fsp3) is 0.579. The normalized spacial score (nSPS) is 15.7. The minimum absolute atomic E-state index is 0.0330. The summed E-state index contributed by atoms with van der Waals surface area (Å²) in [6.07, 6.45) is 7.06. The summed E-state index contributed by atoms with van der Waals surface area (Å²) in [6.45, 7) is 4.29. The van der Waals surface area contributed by atoms with Crippen molar-refractivity contribution in [1.82, 2.24) is 25.5 Å².